The van der Waals surface area contributed by atoms with Crippen LogP contribution in [0.4, 0.5) is 0 Å². The molecule has 0 unspecified atom stereocenters. The third-order valence-electron chi connectivity index (χ3n) is 1.01. The molecule has 1 N–H and O–H groups in total. The van der Waals surface area contributed by atoms with Crippen LogP contribution in [0.1, 0.15) is 0 Å². The van der Waals surface area contributed by atoms with E-state index in [2.05, 4.69) is 5.32 Å². The molecule has 3 nitrogen and oxygen atoms in total. The zero-order valence-corrected chi connectivity index (χ0v) is 4.95. The van der Waals surface area contributed by atoms with Crippen LogP contribution in [0, 0.1) is 0 Å². The molecule has 48 valence electrons. The molecular formula is C6H8N2O. The van der Waals surface area contributed by atoms with E-state index >= 15 is 0 Å². The molecule has 9 heavy (non-hydrogen) atoms. The SMILES string of the molecule is O=CCN1C=CNC=C1. The number of hydrogen-bond acceptors (Lipinski definition) is 3. The topological polar surface area (TPSA) is 32.3 Å². The Balaban J connectivity index is 2.39. The van der Waals surface area contributed by atoms with Crippen molar-refractivity contribution in [1.29, 1.82) is 0 Å². The van der Waals surface area contributed by atoms with Crippen molar-refractivity contribution in [3.8, 4) is 0 Å². The Kier molecular flexibility index (Phi) is 1.90. The molecule has 1 heterocycles. The fraction of sp³-hybridized carbons (Fsp3) is 0.167. The van der Waals surface area contributed by atoms with Crippen LogP contribution < -0.4 is 5.32 Å². The molecular weight excluding hydrogens is 116 g/mol. The first-order valence-corrected chi connectivity index (χ1v) is 2.72. The lowest BCUT2D eigenvalue weighted by Crippen LogP contribution is -2.17. The van der Waals surface area contributed by atoms with Gasteiger partial charge < -0.3 is 15.0 Å². The second-order valence-electron chi connectivity index (χ2n) is 1.66. The van der Waals surface area contributed by atoms with Crippen molar-refractivity contribution in [3.63, 3.8) is 0 Å². The third-order valence-corrected chi connectivity index (χ3v) is 1.01. The molecule has 0 aromatic heterocycles. The number of aldehydes is 1. The zero-order chi connectivity index (χ0) is 6.53. The molecule has 1 rings (SSSR count). The summed E-state index contributed by atoms with van der Waals surface area (Å²) in [6, 6.07) is 0. The molecule has 0 saturated carbocycles. The van der Waals surface area contributed by atoms with Gasteiger partial charge in [-0.05, 0) is 0 Å². The molecule has 0 radical (unpaired) electrons. The maximum atomic E-state index is 9.94. The summed E-state index contributed by atoms with van der Waals surface area (Å²) in [4.78, 5) is 11.7. The smallest absolute Gasteiger partial charge is 0.139 e. The standard InChI is InChI=1S/C6H8N2O/c9-6-5-8-3-1-7-2-4-8/h1-4,6-7H,5H2. The molecule has 0 aromatic carbocycles. The predicted molar refractivity (Wildman–Crippen MR) is 34.2 cm³/mol. The average Bonchev–Trinajstić information content (AvgIpc) is 1.91. The van der Waals surface area contributed by atoms with E-state index in [0.717, 1.165) is 6.29 Å². The highest BCUT2D eigenvalue weighted by Gasteiger charge is 1.92. The number of rotatable bonds is 2. The van der Waals surface area contributed by atoms with Gasteiger partial charge in [0, 0.05) is 24.8 Å². The lowest BCUT2D eigenvalue weighted by molar-refractivity contribution is -0.108. The van der Waals surface area contributed by atoms with Crippen LogP contribution >= 0.6 is 0 Å². The number of carbonyl (C=O) groups excluding carboxylic acids is 1. The maximum absolute atomic E-state index is 9.94. The molecule has 0 bridgehead atoms. The summed E-state index contributed by atoms with van der Waals surface area (Å²) in [7, 11) is 0. The summed E-state index contributed by atoms with van der Waals surface area (Å²) in [5, 5.41) is 2.85. The van der Waals surface area contributed by atoms with Gasteiger partial charge in [0.15, 0.2) is 0 Å². The van der Waals surface area contributed by atoms with Crippen LogP contribution in [-0.4, -0.2) is 17.7 Å². The fourth-order valence-corrected chi connectivity index (χ4v) is 0.591. The van der Waals surface area contributed by atoms with Crippen molar-refractivity contribution in [2.45, 2.75) is 0 Å². The lowest BCUT2D eigenvalue weighted by Gasteiger charge is -2.13. The van der Waals surface area contributed by atoms with Crippen molar-refractivity contribution in [2.24, 2.45) is 0 Å². The summed E-state index contributed by atoms with van der Waals surface area (Å²) in [6.45, 7) is 0.425. The quantitative estimate of drug-likeness (QED) is 0.527. The first-order chi connectivity index (χ1) is 4.43. The van der Waals surface area contributed by atoms with Gasteiger partial charge in [0.1, 0.15) is 6.29 Å². The number of nitrogens with zero attached hydrogens (tertiary/aromatic N) is 1. The van der Waals surface area contributed by atoms with Gasteiger partial charge in [-0.25, -0.2) is 0 Å². The molecule has 1 aliphatic rings. The van der Waals surface area contributed by atoms with Gasteiger partial charge in [-0.15, -0.1) is 0 Å². The van der Waals surface area contributed by atoms with Gasteiger partial charge in [-0.2, -0.15) is 0 Å². The Morgan fingerprint density at radius 1 is 1.44 bits per heavy atom. The Labute approximate surface area is 53.7 Å². The van der Waals surface area contributed by atoms with E-state index in [0.29, 0.717) is 6.54 Å². The first kappa shape index (κ1) is 5.88. The highest BCUT2D eigenvalue weighted by atomic mass is 16.1. The van der Waals surface area contributed by atoms with Gasteiger partial charge in [0.25, 0.3) is 0 Å². The average molecular weight is 124 g/mol. The van der Waals surface area contributed by atoms with Gasteiger partial charge in [-0.3, -0.25) is 0 Å². The van der Waals surface area contributed by atoms with E-state index in [4.69, 9.17) is 0 Å². The van der Waals surface area contributed by atoms with Crippen LogP contribution in [0.25, 0.3) is 0 Å². The minimum absolute atomic E-state index is 0.425. The van der Waals surface area contributed by atoms with Crippen molar-refractivity contribution in [3.05, 3.63) is 24.8 Å². The summed E-state index contributed by atoms with van der Waals surface area (Å²) in [5.74, 6) is 0. The van der Waals surface area contributed by atoms with Crippen LogP contribution in [0.3, 0.4) is 0 Å². The van der Waals surface area contributed by atoms with E-state index in [1.54, 1.807) is 29.7 Å². The summed E-state index contributed by atoms with van der Waals surface area (Å²) >= 11 is 0. The summed E-state index contributed by atoms with van der Waals surface area (Å²) in [6.07, 6.45) is 8.00. The Bertz CT molecular complexity index is 139. The Morgan fingerprint density at radius 3 is 2.67 bits per heavy atom. The van der Waals surface area contributed by atoms with Gasteiger partial charge in [0.2, 0.25) is 0 Å². The number of hydrogen-bond donors (Lipinski definition) is 1. The van der Waals surface area contributed by atoms with E-state index < -0.39 is 0 Å². The summed E-state index contributed by atoms with van der Waals surface area (Å²) < 4.78 is 0. The summed E-state index contributed by atoms with van der Waals surface area (Å²) in [5.41, 5.74) is 0. The highest BCUT2D eigenvalue weighted by molar-refractivity contribution is 5.52. The molecule has 0 fully saturated rings. The fourth-order valence-electron chi connectivity index (χ4n) is 0.591. The van der Waals surface area contributed by atoms with E-state index in [9.17, 15) is 4.79 Å². The second kappa shape index (κ2) is 2.91. The Hall–Kier alpha value is -1.25. The monoisotopic (exact) mass is 124 g/mol. The van der Waals surface area contributed by atoms with Crippen molar-refractivity contribution >= 4 is 6.29 Å². The lowest BCUT2D eigenvalue weighted by atomic mass is 10.5. The van der Waals surface area contributed by atoms with Crippen LogP contribution in [0.2, 0.25) is 0 Å². The third kappa shape index (κ3) is 1.60. The predicted octanol–water partition coefficient (Wildman–Crippen LogP) is 0.0329. The number of nitrogens with one attached hydrogen (secondary N) is 1. The van der Waals surface area contributed by atoms with Crippen LogP contribution in [0.15, 0.2) is 24.8 Å². The van der Waals surface area contributed by atoms with Crippen LogP contribution in [0.5, 0.6) is 0 Å². The van der Waals surface area contributed by atoms with Gasteiger partial charge in [0.05, 0.1) is 6.54 Å². The minimum atomic E-state index is 0.425. The molecule has 0 amide bonds. The molecule has 3 heteroatoms. The molecule has 0 atom stereocenters. The first-order valence-electron chi connectivity index (χ1n) is 2.72. The number of carbonyl (C=O) groups is 1. The molecule has 0 aromatic rings. The Morgan fingerprint density at radius 2 is 2.11 bits per heavy atom. The largest absolute Gasteiger partial charge is 0.365 e. The normalized spacial score (nSPS) is 15.3. The van der Waals surface area contributed by atoms with Crippen molar-refractivity contribution < 1.29 is 4.79 Å². The van der Waals surface area contributed by atoms with Crippen LogP contribution in [-0.2, 0) is 4.79 Å². The van der Waals surface area contributed by atoms with Gasteiger partial charge in [-0.1, -0.05) is 0 Å². The van der Waals surface area contributed by atoms with E-state index in [-0.39, 0.29) is 0 Å². The van der Waals surface area contributed by atoms with Crippen molar-refractivity contribution in [1.82, 2.24) is 10.2 Å². The van der Waals surface area contributed by atoms with E-state index in [1.165, 1.54) is 0 Å². The molecule has 0 saturated heterocycles. The molecule has 0 spiro atoms. The van der Waals surface area contributed by atoms with Crippen molar-refractivity contribution in [2.75, 3.05) is 6.54 Å². The second-order valence-corrected chi connectivity index (χ2v) is 1.66. The zero-order valence-electron chi connectivity index (χ0n) is 4.95. The molecule has 0 aliphatic carbocycles. The maximum Gasteiger partial charge on any atom is 0.139 e. The van der Waals surface area contributed by atoms with Gasteiger partial charge >= 0.3 is 0 Å². The highest BCUT2D eigenvalue weighted by Crippen LogP contribution is 1.91. The van der Waals surface area contributed by atoms with E-state index in [1.807, 2.05) is 0 Å². The molecule has 1 aliphatic heterocycles. The minimum Gasteiger partial charge on any atom is -0.365 e.